The molecule has 1 aromatic heterocycles. The van der Waals surface area contributed by atoms with Gasteiger partial charge in [-0.2, -0.15) is 0 Å². The summed E-state index contributed by atoms with van der Waals surface area (Å²) >= 11 is 1.67. The van der Waals surface area contributed by atoms with Crippen LogP contribution in [0, 0.1) is 6.07 Å². The zero-order chi connectivity index (χ0) is 11.0. The lowest BCUT2D eigenvalue weighted by Crippen LogP contribution is -1.83. The Morgan fingerprint density at radius 2 is 1.94 bits per heavy atom. The molecule has 2 nitrogen and oxygen atoms in total. The first kappa shape index (κ1) is 9.36. The van der Waals surface area contributed by atoms with Crippen molar-refractivity contribution in [3.05, 3.63) is 48.5 Å². The number of thiazole rings is 1. The minimum absolute atomic E-state index is 0.774. The molecule has 0 amide bonds. The third-order valence-corrected chi connectivity index (χ3v) is 3.44. The summed E-state index contributed by atoms with van der Waals surface area (Å²) in [6.07, 6.45) is 0. The van der Waals surface area contributed by atoms with E-state index in [4.69, 9.17) is 5.73 Å². The van der Waals surface area contributed by atoms with Crippen LogP contribution < -0.4 is 5.73 Å². The second kappa shape index (κ2) is 3.61. The molecule has 0 saturated heterocycles. The molecule has 2 N–H and O–H groups in total. The molecule has 0 fully saturated rings. The summed E-state index contributed by atoms with van der Waals surface area (Å²) in [7, 11) is 0. The summed E-state index contributed by atoms with van der Waals surface area (Å²) in [5, 5.41) is 1.01. The van der Waals surface area contributed by atoms with E-state index in [2.05, 4.69) is 17.1 Å². The van der Waals surface area contributed by atoms with Crippen LogP contribution in [0.25, 0.3) is 20.8 Å². The number of aromatic nitrogens is 1. The Labute approximate surface area is 97.4 Å². The van der Waals surface area contributed by atoms with Gasteiger partial charge in [-0.3, -0.25) is 0 Å². The fourth-order valence-electron chi connectivity index (χ4n) is 1.56. The Hall–Kier alpha value is -1.87. The second-order valence-corrected chi connectivity index (χ2v) is 4.55. The average molecular weight is 225 g/mol. The molecule has 0 aliphatic heterocycles. The van der Waals surface area contributed by atoms with Crippen LogP contribution >= 0.6 is 11.3 Å². The SMILES string of the molecule is Nc1ccc(-c2nc3[c]cccc3s2)cc1. The molecule has 77 valence electrons. The molecule has 0 unspecified atom stereocenters. The van der Waals surface area contributed by atoms with Crippen molar-refractivity contribution in [3.63, 3.8) is 0 Å². The molecule has 0 bridgehead atoms. The summed E-state index contributed by atoms with van der Waals surface area (Å²) in [5.74, 6) is 0. The minimum Gasteiger partial charge on any atom is -0.399 e. The van der Waals surface area contributed by atoms with Crippen molar-refractivity contribution in [2.45, 2.75) is 0 Å². The molecule has 0 aliphatic carbocycles. The lowest BCUT2D eigenvalue weighted by molar-refractivity contribution is 1.47. The maximum atomic E-state index is 5.66. The van der Waals surface area contributed by atoms with E-state index in [0.717, 1.165) is 26.5 Å². The third-order valence-electron chi connectivity index (χ3n) is 2.37. The monoisotopic (exact) mass is 225 g/mol. The molecule has 0 saturated carbocycles. The third kappa shape index (κ3) is 1.55. The highest BCUT2D eigenvalue weighted by Gasteiger charge is 2.04. The van der Waals surface area contributed by atoms with Crippen molar-refractivity contribution in [1.29, 1.82) is 0 Å². The molecule has 3 heteroatoms. The fourth-order valence-corrected chi connectivity index (χ4v) is 2.51. The summed E-state index contributed by atoms with van der Waals surface area (Å²) in [5.41, 5.74) is 8.46. The minimum atomic E-state index is 0.774. The van der Waals surface area contributed by atoms with E-state index < -0.39 is 0 Å². The molecule has 2 aromatic carbocycles. The smallest absolute Gasteiger partial charge is 0.124 e. The Morgan fingerprint density at radius 3 is 2.69 bits per heavy atom. The van der Waals surface area contributed by atoms with Crippen LogP contribution in [0.4, 0.5) is 5.69 Å². The molecule has 0 spiro atoms. The Bertz CT molecular complexity index is 593. The molecule has 0 aliphatic rings. The predicted molar refractivity (Wildman–Crippen MR) is 68.3 cm³/mol. The van der Waals surface area contributed by atoms with Gasteiger partial charge in [0.1, 0.15) is 5.01 Å². The number of fused-ring (bicyclic) bond motifs is 1. The van der Waals surface area contributed by atoms with Crippen molar-refractivity contribution in [2.75, 3.05) is 5.73 Å². The number of nitrogens with zero attached hydrogens (tertiary/aromatic N) is 1. The second-order valence-electron chi connectivity index (χ2n) is 3.52. The molecule has 3 rings (SSSR count). The van der Waals surface area contributed by atoms with Crippen molar-refractivity contribution < 1.29 is 0 Å². The highest BCUT2D eigenvalue weighted by Crippen LogP contribution is 2.29. The fraction of sp³-hybridized carbons (Fsp3) is 0. The maximum absolute atomic E-state index is 5.66. The Morgan fingerprint density at radius 1 is 1.12 bits per heavy atom. The van der Waals surface area contributed by atoms with Gasteiger partial charge < -0.3 is 5.73 Å². The topological polar surface area (TPSA) is 38.9 Å². The van der Waals surface area contributed by atoms with E-state index in [1.807, 2.05) is 36.4 Å². The van der Waals surface area contributed by atoms with Crippen LogP contribution in [0.5, 0.6) is 0 Å². The first-order valence-electron chi connectivity index (χ1n) is 4.96. The van der Waals surface area contributed by atoms with Gasteiger partial charge in [0, 0.05) is 17.3 Å². The van der Waals surface area contributed by atoms with Crippen LogP contribution in [0.1, 0.15) is 0 Å². The molecule has 3 aromatic rings. The van der Waals surface area contributed by atoms with Crippen LogP contribution in [0.3, 0.4) is 0 Å². The van der Waals surface area contributed by atoms with E-state index in [1.165, 1.54) is 0 Å². The van der Waals surface area contributed by atoms with Gasteiger partial charge >= 0.3 is 0 Å². The number of benzene rings is 2. The molecule has 1 heterocycles. The summed E-state index contributed by atoms with van der Waals surface area (Å²) < 4.78 is 1.16. The number of anilines is 1. The van der Waals surface area contributed by atoms with Gasteiger partial charge in [-0.1, -0.05) is 12.1 Å². The molecular weight excluding hydrogens is 216 g/mol. The van der Waals surface area contributed by atoms with E-state index in [0.29, 0.717) is 0 Å². The number of hydrogen-bond acceptors (Lipinski definition) is 3. The number of hydrogen-bond donors (Lipinski definition) is 1. The van der Waals surface area contributed by atoms with E-state index in [-0.39, 0.29) is 0 Å². The van der Waals surface area contributed by atoms with Gasteiger partial charge in [0.15, 0.2) is 0 Å². The standard InChI is InChI=1S/C13H9N2S/c14-10-7-5-9(6-8-10)13-15-11-3-1-2-4-12(11)16-13/h1-2,4-8H,14H2. The first-order valence-corrected chi connectivity index (χ1v) is 5.78. The zero-order valence-electron chi connectivity index (χ0n) is 8.47. The van der Waals surface area contributed by atoms with Gasteiger partial charge in [-0.25, -0.2) is 4.98 Å². The van der Waals surface area contributed by atoms with Gasteiger partial charge in [-0.05, 0) is 30.3 Å². The van der Waals surface area contributed by atoms with Gasteiger partial charge in [0.05, 0.1) is 10.2 Å². The van der Waals surface area contributed by atoms with Gasteiger partial charge in [0.25, 0.3) is 0 Å². The Balaban J connectivity index is 2.15. The highest BCUT2D eigenvalue weighted by atomic mass is 32.1. The normalized spacial score (nSPS) is 10.8. The summed E-state index contributed by atoms with van der Waals surface area (Å²) in [4.78, 5) is 4.53. The largest absolute Gasteiger partial charge is 0.399 e. The number of nitrogen functional groups attached to an aromatic ring is 1. The molecule has 1 radical (unpaired) electrons. The number of nitrogens with two attached hydrogens (primary N) is 1. The molecular formula is C13H9N2S. The lowest BCUT2D eigenvalue weighted by Gasteiger charge is -1.95. The van der Waals surface area contributed by atoms with Gasteiger partial charge in [-0.15, -0.1) is 11.3 Å². The average Bonchev–Trinajstić information content (AvgIpc) is 2.73. The van der Waals surface area contributed by atoms with Crippen LogP contribution in [0.15, 0.2) is 42.5 Å². The quantitative estimate of drug-likeness (QED) is 0.645. The van der Waals surface area contributed by atoms with Crippen LogP contribution in [-0.2, 0) is 0 Å². The zero-order valence-corrected chi connectivity index (χ0v) is 9.29. The van der Waals surface area contributed by atoms with Crippen molar-refractivity contribution in [3.8, 4) is 10.6 Å². The number of para-hydroxylation sites is 1. The Kier molecular flexibility index (Phi) is 2.11. The van der Waals surface area contributed by atoms with Crippen molar-refractivity contribution in [1.82, 2.24) is 4.98 Å². The first-order chi connectivity index (χ1) is 7.83. The lowest BCUT2D eigenvalue weighted by atomic mass is 10.2. The van der Waals surface area contributed by atoms with E-state index in [9.17, 15) is 0 Å². The molecule has 16 heavy (non-hydrogen) atoms. The number of rotatable bonds is 1. The summed E-state index contributed by atoms with van der Waals surface area (Å²) in [6, 6.07) is 16.8. The highest BCUT2D eigenvalue weighted by molar-refractivity contribution is 7.21. The van der Waals surface area contributed by atoms with Crippen LogP contribution in [0.2, 0.25) is 0 Å². The molecule has 0 atom stereocenters. The van der Waals surface area contributed by atoms with Crippen molar-refractivity contribution in [2.24, 2.45) is 0 Å². The summed E-state index contributed by atoms with van der Waals surface area (Å²) in [6.45, 7) is 0. The van der Waals surface area contributed by atoms with Crippen molar-refractivity contribution >= 4 is 27.2 Å². The maximum Gasteiger partial charge on any atom is 0.124 e. The van der Waals surface area contributed by atoms with Gasteiger partial charge in [0.2, 0.25) is 0 Å². The van der Waals surface area contributed by atoms with E-state index in [1.54, 1.807) is 11.3 Å². The van der Waals surface area contributed by atoms with Crippen LogP contribution in [-0.4, -0.2) is 4.98 Å². The van der Waals surface area contributed by atoms with E-state index >= 15 is 0 Å². The predicted octanol–water partition coefficient (Wildman–Crippen LogP) is 3.35.